The van der Waals surface area contributed by atoms with Crippen LogP contribution in [0.15, 0.2) is 46.9 Å². The number of rotatable bonds is 1. The zero-order valence-corrected chi connectivity index (χ0v) is 12.9. The molecule has 2 aromatic carbocycles. The number of hydrogen-bond acceptors (Lipinski definition) is 3. The summed E-state index contributed by atoms with van der Waals surface area (Å²) in [7, 11) is 1.66. The first kappa shape index (κ1) is 12.9. The highest BCUT2D eigenvalue weighted by Crippen LogP contribution is 2.56. The van der Waals surface area contributed by atoms with Gasteiger partial charge in [-0.25, -0.2) is 0 Å². The highest BCUT2D eigenvalue weighted by atomic mass is 16.5. The smallest absolute Gasteiger partial charge is 0.197 e. The highest BCUT2D eigenvalue weighted by Gasteiger charge is 2.51. The molecule has 3 aromatic rings. The van der Waals surface area contributed by atoms with Gasteiger partial charge in [-0.15, -0.1) is 0 Å². The molecule has 1 heterocycles. The van der Waals surface area contributed by atoms with Gasteiger partial charge in [0.25, 0.3) is 0 Å². The van der Waals surface area contributed by atoms with Gasteiger partial charge in [0.15, 0.2) is 5.78 Å². The molecule has 1 saturated carbocycles. The van der Waals surface area contributed by atoms with Crippen LogP contribution in [0.2, 0.25) is 0 Å². The molecule has 0 atom stereocenters. The van der Waals surface area contributed by atoms with Crippen LogP contribution in [-0.2, 0) is 5.41 Å². The second-order valence-corrected chi connectivity index (χ2v) is 6.48. The number of ether oxygens (including phenoxy) is 1. The van der Waals surface area contributed by atoms with Gasteiger partial charge in [-0.1, -0.05) is 24.6 Å². The second-order valence-electron chi connectivity index (χ2n) is 6.48. The van der Waals surface area contributed by atoms with Crippen molar-refractivity contribution in [3.63, 3.8) is 0 Å². The van der Waals surface area contributed by atoms with Crippen molar-refractivity contribution in [1.82, 2.24) is 0 Å². The molecule has 2 aliphatic carbocycles. The summed E-state index contributed by atoms with van der Waals surface area (Å²) in [5, 5.41) is 0.931. The van der Waals surface area contributed by atoms with Crippen LogP contribution in [-0.4, -0.2) is 12.9 Å². The molecule has 1 fully saturated rings. The Labute approximate surface area is 133 Å². The normalized spacial score (nSPS) is 17.7. The molecule has 3 nitrogen and oxygen atoms in total. The molecule has 0 N–H and O–H groups in total. The van der Waals surface area contributed by atoms with E-state index in [2.05, 4.69) is 0 Å². The molecule has 114 valence electrons. The Kier molecular flexibility index (Phi) is 2.39. The number of methoxy groups -OCH3 is 1. The summed E-state index contributed by atoms with van der Waals surface area (Å²) in [6, 6.07) is 13.6. The minimum Gasteiger partial charge on any atom is -0.497 e. The van der Waals surface area contributed by atoms with E-state index in [4.69, 9.17) is 9.15 Å². The predicted molar refractivity (Wildman–Crippen MR) is 87.3 cm³/mol. The van der Waals surface area contributed by atoms with Crippen LogP contribution in [0.5, 0.6) is 5.75 Å². The van der Waals surface area contributed by atoms with Gasteiger partial charge in [0, 0.05) is 10.9 Å². The van der Waals surface area contributed by atoms with Crippen LogP contribution in [0.25, 0.3) is 11.0 Å². The highest BCUT2D eigenvalue weighted by molar-refractivity contribution is 6.19. The molecule has 0 aliphatic heterocycles. The lowest BCUT2D eigenvalue weighted by molar-refractivity contribution is 0.101. The Bertz CT molecular complexity index is 960. The minimum absolute atomic E-state index is 0.0696. The lowest BCUT2D eigenvalue weighted by Crippen LogP contribution is -2.40. The van der Waals surface area contributed by atoms with Gasteiger partial charge in [0.05, 0.1) is 18.1 Å². The Morgan fingerprint density at radius 2 is 1.96 bits per heavy atom. The van der Waals surface area contributed by atoms with E-state index in [1.54, 1.807) is 7.11 Å². The zero-order valence-electron chi connectivity index (χ0n) is 12.9. The molecular formula is C20H16O3. The fourth-order valence-electron chi connectivity index (χ4n) is 4.14. The number of hydrogen-bond donors (Lipinski definition) is 0. The van der Waals surface area contributed by atoms with Crippen LogP contribution in [0.3, 0.4) is 0 Å². The minimum atomic E-state index is -0.161. The van der Waals surface area contributed by atoms with Crippen LogP contribution in [0.4, 0.5) is 0 Å². The summed E-state index contributed by atoms with van der Waals surface area (Å²) in [4.78, 5) is 13.1. The summed E-state index contributed by atoms with van der Waals surface area (Å²) < 4.78 is 11.6. The molecule has 1 aromatic heterocycles. The molecule has 0 radical (unpaired) electrons. The van der Waals surface area contributed by atoms with E-state index in [1.165, 1.54) is 0 Å². The maximum absolute atomic E-state index is 13.1. The van der Waals surface area contributed by atoms with Crippen LogP contribution in [0.1, 0.15) is 46.5 Å². The third kappa shape index (κ3) is 1.47. The molecule has 0 unspecified atom stereocenters. The molecule has 5 rings (SSSR count). The van der Waals surface area contributed by atoms with E-state index < -0.39 is 0 Å². The van der Waals surface area contributed by atoms with Gasteiger partial charge >= 0.3 is 0 Å². The molecule has 0 saturated heterocycles. The Morgan fingerprint density at radius 3 is 2.70 bits per heavy atom. The quantitative estimate of drug-likeness (QED) is 0.666. The summed E-state index contributed by atoms with van der Waals surface area (Å²) in [6.07, 6.45) is 3.20. The lowest BCUT2D eigenvalue weighted by Gasteiger charge is -2.44. The van der Waals surface area contributed by atoms with E-state index >= 15 is 0 Å². The average molecular weight is 304 g/mol. The zero-order chi connectivity index (χ0) is 15.6. The predicted octanol–water partition coefficient (Wildman–Crippen LogP) is 4.46. The molecule has 23 heavy (non-hydrogen) atoms. The molecule has 3 heteroatoms. The number of fused-ring (bicyclic) bond motifs is 6. The van der Waals surface area contributed by atoms with Gasteiger partial charge in [0.2, 0.25) is 0 Å². The van der Waals surface area contributed by atoms with E-state index in [0.717, 1.165) is 58.4 Å². The first-order valence-electron chi connectivity index (χ1n) is 8.00. The summed E-state index contributed by atoms with van der Waals surface area (Å²) in [5.74, 6) is 1.72. The van der Waals surface area contributed by atoms with Crippen molar-refractivity contribution < 1.29 is 13.9 Å². The fraction of sp³-hybridized carbons (Fsp3) is 0.250. The Hall–Kier alpha value is -2.55. The molecule has 0 bridgehead atoms. The molecule has 2 aliphatic rings. The van der Waals surface area contributed by atoms with E-state index in [0.29, 0.717) is 0 Å². The summed E-state index contributed by atoms with van der Waals surface area (Å²) in [5.41, 5.74) is 3.27. The Morgan fingerprint density at radius 1 is 1.13 bits per heavy atom. The number of carbonyl (C=O) groups is 1. The van der Waals surface area contributed by atoms with Crippen molar-refractivity contribution in [2.75, 3.05) is 7.11 Å². The van der Waals surface area contributed by atoms with E-state index in [1.807, 2.05) is 42.5 Å². The van der Waals surface area contributed by atoms with Crippen LogP contribution < -0.4 is 4.74 Å². The van der Waals surface area contributed by atoms with Gasteiger partial charge < -0.3 is 9.15 Å². The molecule has 1 spiro atoms. The second kappa shape index (κ2) is 4.25. The maximum Gasteiger partial charge on any atom is 0.197 e. The monoisotopic (exact) mass is 304 g/mol. The van der Waals surface area contributed by atoms with Gasteiger partial charge in [0.1, 0.15) is 17.1 Å². The van der Waals surface area contributed by atoms with Crippen molar-refractivity contribution in [3.8, 4) is 5.75 Å². The molecule has 0 amide bonds. The number of ketones is 1. The largest absolute Gasteiger partial charge is 0.497 e. The standard InChI is InChI=1S/C20H16O3/c1-22-12-7-8-13-15(11-12)20(9-4-10-20)19-17(18(13)21)14-5-2-3-6-16(14)23-19/h2-3,5-8,11H,4,9-10H2,1H3. The number of carbonyl (C=O) groups excluding carboxylic acids is 1. The number of benzene rings is 2. The van der Waals surface area contributed by atoms with Crippen molar-refractivity contribution in [2.24, 2.45) is 0 Å². The van der Waals surface area contributed by atoms with Crippen molar-refractivity contribution in [2.45, 2.75) is 24.7 Å². The summed E-state index contributed by atoms with van der Waals surface area (Å²) in [6.45, 7) is 0. The number of para-hydroxylation sites is 1. The van der Waals surface area contributed by atoms with E-state index in [9.17, 15) is 4.79 Å². The van der Waals surface area contributed by atoms with Crippen LogP contribution in [0, 0.1) is 0 Å². The molecular weight excluding hydrogens is 288 g/mol. The van der Waals surface area contributed by atoms with Crippen molar-refractivity contribution >= 4 is 16.8 Å². The SMILES string of the molecule is COc1ccc2c(c1)C1(CCC1)c1oc3ccccc3c1C2=O. The van der Waals surface area contributed by atoms with E-state index in [-0.39, 0.29) is 11.2 Å². The first-order chi connectivity index (χ1) is 11.2. The fourth-order valence-corrected chi connectivity index (χ4v) is 4.14. The van der Waals surface area contributed by atoms with Gasteiger partial charge in [-0.05, 0) is 42.7 Å². The lowest BCUT2D eigenvalue weighted by atomic mass is 9.58. The third-order valence-corrected chi connectivity index (χ3v) is 5.45. The van der Waals surface area contributed by atoms with Gasteiger partial charge in [-0.3, -0.25) is 4.79 Å². The Balaban J connectivity index is 1.87. The maximum atomic E-state index is 13.1. The average Bonchev–Trinajstić information content (AvgIpc) is 2.93. The van der Waals surface area contributed by atoms with Crippen molar-refractivity contribution in [3.05, 3.63) is 64.9 Å². The number of furan rings is 1. The van der Waals surface area contributed by atoms with Crippen LogP contribution >= 0.6 is 0 Å². The first-order valence-corrected chi connectivity index (χ1v) is 8.00. The third-order valence-electron chi connectivity index (χ3n) is 5.45. The summed E-state index contributed by atoms with van der Waals surface area (Å²) >= 11 is 0. The van der Waals surface area contributed by atoms with Gasteiger partial charge in [-0.2, -0.15) is 0 Å². The van der Waals surface area contributed by atoms with Crippen molar-refractivity contribution in [1.29, 1.82) is 0 Å². The topological polar surface area (TPSA) is 39.4 Å².